The predicted molar refractivity (Wildman–Crippen MR) is 49.0 cm³/mol. The maximum Gasteiger partial charge on any atom is 0.124 e. The Morgan fingerprint density at radius 3 is 2.75 bits per heavy atom. The summed E-state index contributed by atoms with van der Waals surface area (Å²) in [4.78, 5) is 2.19. The monoisotopic (exact) mass is 174 g/mol. The van der Waals surface area contributed by atoms with Crippen molar-refractivity contribution in [2.24, 2.45) is 5.92 Å². The zero-order valence-electron chi connectivity index (χ0n) is 8.23. The average molecular weight is 174 g/mol. The molecule has 1 fully saturated rings. The van der Waals surface area contributed by atoms with Crippen molar-refractivity contribution >= 4 is 0 Å². The van der Waals surface area contributed by atoms with Crippen LogP contribution in [-0.2, 0) is 0 Å². The third kappa shape index (κ3) is 2.17. The Morgan fingerprint density at radius 2 is 2.33 bits per heavy atom. The Kier molecular flexibility index (Phi) is 3.07. The van der Waals surface area contributed by atoms with E-state index in [4.69, 9.17) is 0 Å². The Bertz CT molecular complexity index is 147. The van der Waals surface area contributed by atoms with Crippen LogP contribution >= 0.6 is 0 Å². The Labute approximate surface area is 74.1 Å². The van der Waals surface area contributed by atoms with Gasteiger partial charge in [0.25, 0.3) is 0 Å². The highest BCUT2D eigenvalue weighted by Crippen LogP contribution is 2.29. The van der Waals surface area contributed by atoms with E-state index in [9.17, 15) is 4.39 Å². The molecule has 2 nitrogen and oxygen atoms in total. The summed E-state index contributed by atoms with van der Waals surface area (Å²) in [5, 5.41) is 2.91. The molecule has 0 saturated carbocycles. The van der Waals surface area contributed by atoms with E-state index < -0.39 is 5.67 Å². The quantitative estimate of drug-likeness (QED) is 0.683. The second-order valence-electron chi connectivity index (χ2n) is 4.06. The summed E-state index contributed by atoms with van der Waals surface area (Å²) in [6.07, 6.45) is 0.991. The lowest BCUT2D eigenvalue weighted by Gasteiger charge is -2.26. The molecule has 0 aliphatic carbocycles. The number of halogens is 1. The molecule has 2 unspecified atom stereocenters. The van der Waals surface area contributed by atoms with Crippen LogP contribution in [0.1, 0.15) is 13.3 Å². The molecule has 1 saturated heterocycles. The van der Waals surface area contributed by atoms with Gasteiger partial charge in [-0.1, -0.05) is 0 Å². The minimum absolute atomic E-state index is 0.204. The lowest BCUT2D eigenvalue weighted by Crippen LogP contribution is -2.40. The molecule has 0 aromatic heterocycles. The first-order valence-electron chi connectivity index (χ1n) is 4.58. The molecule has 0 aromatic carbocycles. The number of alkyl halides is 1. The summed E-state index contributed by atoms with van der Waals surface area (Å²) in [6, 6.07) is 0. The van der Waals surface area contributed by atoms with Gasteiger partial charge in [0.15, 0.2) is 0 Å². The van der Waals surface area contributed by atoms with Gasteiger partial charge in [0.1, 0.15) is 5.67 Å². The molecule has 1 rings (SSSR count). The molecule has 1 heterocycles. The second-order valence-corrected chi connectivity index (χ2v) is 4.06. The van der Waals surface area contributed by atoms with Gasteiger partial charge in [-0.05, 0) is 34.0 Å². The number of likely N-dealkylation sites (tertiary alicyclic amines) is 1. The molecular weight excluding hydrogens is 155 g/mol. The number of rotatable bonds is 3. The first kappa shape index (κ1) is 9.93. The van der Waals surface area contributed by atoms with Crippen LogP contribution < -0.4 is 5.32 Å². The van der Waals surface area contributed by atoms with E-state index in [1.165, 1.54) is 0 Å². The van der Waals surface area contributed by atoms with Crippen molar-refractivity contribution in [3.8, 4) is 0 Å². The minimum Gasteiger partial charge on any atom is -0.317 e. The molecule has 0 amide bonds. The van der Waals surface area contributed by atoms with Crippen molar-refractivity contribution in [2.45, 2.75) is 19.0 Å². The molecule has 0 spiro atoms. The van der Waals surface area contributed by atoms with Gasteiger partial charge in [0, 0.05) is 19.0 Å². The molecule has 72 valence electrons. The normalized spacial score (nSPS) is 30.5. The highest BCUT2D eigenvalue weighted by atomic mass is 19.1. The smallest absolute Gasteiger partial charge is 0.124 e. The fourth-order valence-corrected chi connectivity index (χ4v) is 1.92. The van der Waals surface area contributed by atoms with Gasteiger partial charge in [-0.15, -0.1) is 0 Å². The van der Waals surface area contributed by atoms with Gasteiger partial charge in [0.05, 0.1) is 0 Å². The molecule has 0 bridgehead atoms. The summed E-state index contributed by atoms with van der Waals surface area (Å²) < 4.78 is 13.9. The van der Waals surface area contributed by atoms with Crippen LogP contribution in [0.3, 0.4) is 0 Å². The molecule has 0 aromatic rings. The zero-order valence-corrected chi connectivity index (χ0v) is 8.23. The van der Waals surface area contributed by atoms with Crippen molar-refractivity contribution in [3.05, 3.63) is 0 Å². The highest BCUT2D eigenvalue weighted by molar-refractivity contribution is 4.89. The van der Waals surface area contributed by atoms with Crippen molar-refractivity contribution in [2.75, 3.05) is 33.7 Å². The standard InChI is InChI=1S/C9H19FN2/c1-9(10,7-11-2)8-4-5-12(3)6-8/h8,11H,4-7H2,1-3H3. The molecule has 1 aliphatic rings. The SMILES string of the molecule is CNCC(C)(F)C1CCN(C)C1. The first-order valence-corrected chi connectivity index (χ1v) is 4.58. The van der Waals surface area contributed by atoms with Crippen LogP contribution in [0.15, 0.2) is 0 Å². The van der Waals surface area contributed by atoms with Gasteiger partial charge in [-0.3, -0.25) is 0 Å². The topological polar surface area (TPSA) is 15.3 Å². The van der Waals surface area contributed by atoms with Crippen molar-refractivity contribution < 1.29 is 4.39 Å². The number of hydrogen-bond acceptors (Lipinski definition) is 2. The van der Waals surface area contributed by atoms with Gasteiger partial charge in [-0.2, -0.15) is 0 Å². The van der Waals surface area contributed by atoms with Crippen molar-refractivity contribution in [1.29, 1.82) is 0 Å². The van der Waals surface area contributed by atoms with E-state index in [1.807, 2.05) is 0 Å². The summed E-state index contributed by atoms with van der Waals surface area (Å²) >= 11 is 0. The number of nitrogens with one attached hydrogen (secondary N) is 1. The third-order valence-corrected chi connectivity index (χ3v) is 2.76. The lowest BCUT2D eigenvalue weighted by molar-refractivity contribution is 0.108. The molecule has 2 atom stereocenters. The predicted octanol–water partition coefficient (Wildman–Crippen LogP) is 0.886. The summed E-state index contributed by atoms with van der Waals surface area (Å²) in [5.41, 5.74) is -1.04. The van der Waals surface area contributed by atoms with Crippen molar-refractivity contribution in [1.82, 2.24) is 10.2 Å². The largest absolute Gasteiger partial charge is 0.317 e. The summed E-state index contributed by atoms with van der Waals surface area (Å²) in [7, 11) is 3.85. The van der Waals surface area contributed by atoms with Crippen LogP contribution in [0.4, 0.5) is 4.39 Å². The Morgan fingerprint density at radius 1 is 1.67 bits per heavy atom. The molecular formula is C9H19FN2. The van der Waals surface area contributed by atoms with Crippen LogP contribution in [0, 0.1) is 5.92 Å². The van der Waals surface area contributed by atoms with Crippen LogP contribution in [0.5, 0.6) is 0 Å². The van der Waals surface area contributed by atoms with E-state index in [0.29, 0.717) is 6.54 Å². The van der Waals surface area contributed by atoms with Gasteiger partial charge in [-0.25, -0.2) is 4.39 Å². The highest BCUT2D eigenvalue weighted by Gasteiger charge is 2.37. The van der Waals surface area contributed by atoms with Gasteiger partial charge < -0.3 is 10.2 Å². The lowest BCUT2D eigenvalue weighted by atomic mass is 9.90. The number of nitrogens with zero attached hydrogens (tertiary/aromatic N) is 1. The number of hydrogen-bond donors (Lipinski definition) is 1. The maximum atomic E-state index is 13.9. The van der Waals surface area contributed by atoms with Crippen LogP contribution in [0.25, 0.3) is 0 Å². The van der Waals surface area contributed by atoms with E-state index in [2.05, 4.69) is 17.3 Å². The molecule has 0 radical (unpaired) electrons. The Hall–Kier alpha value is -0.150. The first-order chi connectivity index (χ1) is 5.56. The molecule has 1 N–H and O–H groups in total. The fraction of sp³-hybridized carbons (Fsp3) is 1.00. The fourth-order valence-electron chi connectivity index (χ4n) is 1.92. The van der Waals surface area contributed by atoms with E-state index in [1.54, 1.807) is 14.0 Å². The second kappa shape index (κ2) is 3.71. The summed E-state index contributed by atoms with van der Waals surface area (Å²) in [5.74, 6) is 0.204. The molecule has 3 heteroatoms. The van der Waals surface area contributed by atoms with E-state index in [0.717, 1.165) is 19.5 Å². The van der Waals surface area contributed by atoms with Gasteiger partial charge in [0.2, 0.25) is 0 Å². The van der Waals surface area contributed by atoms with Gasteiger partial charge >= 0.3 is 0 Å². The average Bonchev–Trinajstić information content (AvgIpc) is 2.36. The van der Waals surface area contributed by atoms with Crippen molar-refractivity contribution in [3.63, 3.8) is 0 Å². The van der Waals surface area contributed by atoms with Crippen LogP contribution in [0.2, 0.25) is 0 Å². The van der Waals surface area contributed by atoms with E-state index in [-0.39, 0.29) is 5.92 Å². The Balaban J connectivity index is 2.45. The third-order valence-electron chi connectivity index (χ3n) is 2.76. The van der Waals surface area contributed by atoms with Crippen LogP contribution in [-0.4, -0.2) is 44.3 Å². The summed E-state index contributed by atoms with van der Waals surface area (Å²) in [6.45, 7) is 4.10. The maximum absolute atomic E-state index is 13.9. The molecule has 12 heavy (non-hydrogen) atoms. The van der Waals surface area contributed by atoms with E-state index >= 15 is 0 Å². The zero-order chi connectivity index (χ0) is 9.19. The molecule has 1 aliphatic heterocycles. The minimum atomic E-state index is -1.04.